The number of aliphatic hydroxyl groups is 1. The fourth-order valence-corrected chi connectivity index (χ4v) is 3.20. The minimum absolute atomic E-state index is 0.0467. The van der Waals surface area contributed by atoms with E-state index >= 15 is 0 Å². The van der Waals surface area contributed by atoms with Crippen molar-refractivity contribution in [3.8, 4) is 0 Å². The molecule has 0 aliphatic carbocycles. The second-order valence-corrected chi connectivity index (χ2v) is 7.12. The van der Waals surface area contributed by atoms with Crippen LogP contribution in [0, 0.1) is 11.8 Å². The number of carbonyl (C=O) groups excluding carboxylic acids is 2. The first-order valence-electron chi connectivity index (χ1n) is 8.97. The van der Waals surface area contributed by atoms with Gasteiger partial charge in [0, 0.05) is 43.9 Å². The van der Waals surface area contributed by atoms with Crippen LogP contribution < -0.4 is 0 Å². The minimum Gasteiger partial charge on any atom is -0.503 e. The second kappa shape index (κ2) is 8.83. The summed E-state index contributed by atoms with van der Waals surface area (Å²) in [5.74, 6) is -4.79. The number of amides is 1. The molecule has 1 saturated heterocycles. The lowest BCUT2D eigenvalue weighted by molar-refractivity contribution is -0.147. The van der Waals surface area contributed by atoms with Crippen molar-refractivity contribution in [3.63, 3.8) is 0 Å². The maximum absolute atomic E-state index is 13.5. The van der Waals surface area contributed by atoms with E-state index in [2.05, 4.69) is 0 Å². The van der Waals surface area contributed by atoms with Crippen molar-refractivity contribution in [3.05, 3.63) is 36.0 Å². The molecule has 2 N–H and O–H groups in total. The fourth-order valence-electron chi connectivity index (χ4n) is 3.20. The van der Waals surface area contributed by atoms with E-state index in [1.54, 1.807) is 23.6 Å². The van der Waals surface area contributed by atoms with E-state index < -0.39 is 23.4 Å². The number of aliphatic hydroxyl groups excluding tert-OH is 1. The SMILES string of the molecule is CC(C)/C(F)=C\C=C\C(=O)N1CCC[C@H]1CN1C=C(O)C(=O)C(C(=O)O)C1. The number of carboxylic acids is 1. The van der Waals surface area contributed by atoms with E-state index in [0.717, 1.165) is 12.8 Å². The monoisotopic (exact) mass is 380 g/mol. The molecule has 8 heteroatoms. The van der Waals surface area contributed by atoms with Gasteiger partial charge >= 0.3 is 5.97 Å². The number of allylic oxidation sites excluding steroid dienone is 4. The predicted octanol–water partition coefficient (Wildman–Crippen LogP) is 2.03. The molecule has 2 aliphatic heterocycles. The molecule has 1 fully saturated rings. The highest BCUT2D eigenvalue weighted by Gasteiger charge is 2.36. The summed E-state index contributed by atoms with van der Waals surface area (Å²) < 4.78 is 13.5. The quantitative estimate of drug-likeness (QED) is 0.416. The molecule has 0 saturated carbocycles. The van der Waals surface area contributed by atoms with E-state index in [1.807, 2.05) is 0 Å². The summed E-state index contributed by atoms with van der Waals surface area (Å²) in [5.41, 5.74) is 0. The van der Waals surface area contributed by atoms with E-state index in [0.29, 0.717) is 13.1 Å². The number of nitrogens with zero attached hydrogens (tertiary/aromatic N) is 2. The van der Waals surface area contributed by atoms with Crippen LogP contribution in [0.5, 0.6) is 0 Å². The summed E-state index contributed by atoms with van der Waals surface area (Å²) in [4.78, 5) is 38.5. The van der Waals surface area contributed by atoms with Crippen LogP contribution in [0.25, 0.3) is 0 Å². The molecule has 0 aromatic carbocycles. The molecule has 0 radical (unpaired) electrons. The van der Waals surface area contributed by atoms with Crippen molar-refractivity contribution in [1.29, 1.82) is 0 Å². The van der Waals surface area contributed by atoms with E-state index in [1.165, 1.54) is 24.4 Å². The van der Waals surface area contributed by atoms with Gasteiger partial charge in [0.2, 0.25) is 11.7 Å². The van der Waals surface area contributed by atoms with Gasteiger partial charge in [-0.25, -0.2) is 4.39 Å². The van der Waals surface area contributed by atoms with Crippen LogP contribution in [0.3, 0.4) is 0 Å². The zero-order valence-electron chi connectivity index (χ0n) is 15.5. The summed E-state index contributed by atoms with van der Waals surface area (Å²) in [6, 6.07) is -0.173. The number of ketones is 1. The van der Waals surface area contributed by atoms with Gasteiger partial charge < -0.3 is 20.0 Å². The molecule has 0 aromatic heterocycles. The van der Waals surface area contributed by atoms with Gasteiger partial charge in [-0.15, -0.1) is 0 Å². The van der Waals surface area contributed by atoms with Crippen molar-refractivity contribution in [2.75, 3.05) is 19.6 Å². The van der Waals surface area contributed by atoms with Gasteiger partial charge in [-0.1, -0.05) is 19.9 Å². The number of hydrogen-bond donors (Lipinski definition) is 2. The Morgan fingerprint density at radius 1 is 1.41 bits per heavy atom. The molecule has 2 aliphatic rings. The van der Waals surface area contributed by atoms with E-state index in [4.69, 9.17) is 5.11 Å². The average Bonchev–Trinajstić information content (AvgIpc) is 3.05. The third-order valence-corrected chi connectivity index (χ3v) is 4.74. The Morgan fingerprint density at radius 3 is 2.74 bits per heavy atom. The van der Waals surface area contributed by atoms with Gasteiger partial charge in [-0.05, 0) is 18.9 Å². The predicted molar refractivity (Wildman–Crippen MR) is 96.3 cm³/mol. The summed E-state index contributed by atoms with van der Waals surface area (Å²) in [6.45, 7) is 4.25. The van der Waals surface area contributed by atoms with Gasteiger partial charge in [0.05, 0.1) is 0 Å². The molecule has 1 amide bonds. The normalized spacial score (nSPS) is 24.1. The van der Waals surface area contributed by atoms with Gasteiger partial charge in [0.25, 0.3) is 0 Å². The van der Waals surface area contributed by atoms with Crippen LogP contribution in [0.4, 0.5) is 4.39 Å². The topological polar surface area (TPSA) is 98.2 Å². The molecule has 2 heterocycles. The lowest BCUT2D eigenvalue weighted by atomic mass is 9.99. The van der Waals surface area contributed by atoms with Gasteiger partial charge in [-0.2, -0.15) is 0 Å². The van der Waals surface area contributed by atoms with E-state index in [9.17, 15) is 23.9 Å². The number of rotatable bonds is 6. The molecule has 2 rings (SSSR count). The van der Waals surface area contributed by atoms with Crippen LogP contribution >= 0.6 is 0 Å². The zero-order valence-corrected chi connectivity index (χ0v) is 15.5. The molecule has 2 atom stereocenters. The second-order valence-electron chi connectivity index (χ2n) is 7.12. The summed E-state index contributed by atoms with van der Waals surface area (Å²) in [6.07, 6.45) is 6.73. The molecule has 148 valence electrons. The largest absolute Gasteiger partial charge is 0.503 e. The number of carboxylic acid groups (broad SMARTS) is 1. The highest BCUT2D eigenvalue weighted by molar-refractivity contribution is 6.07. The highest BCUT2D eigenvalue weighted by atomic mass is 19.1. The number of halogens is 1. The Kier molecular flexibility index (Phi) is 6.76. The third-order valence-electron chi connectivity index (χ3n) is 4.74. The van der Waals surface area contributed by atoms with Crippen LogP contribution in [0.15, 0.2) is 36.0 Å². The summed E-state index contributed by atoms with van der Waals surface area (Å²) >= 11 is 0. The molecule has 1 unspecified atom stereocenters. The summed E-state index contributed by atoms with van der Waals surface area (Å²) in [5, 5.41) is 18.8. The van der Waals surface area contributed by atoms with Crippen molar-refractivity contribution >= 4 is 17.7 Å². The third kappa shape index (κ3) is 5.18. The standard InChI is InChI=1S/C19H25FN2O5/c1-12(2)15(20)6-3-7-17(24)22-8-4-5-13(22)9-21-10-14(19(26)27)18(25)16(23)11-21/h3,6-7,11-14,23H,4-5,8-10H2,1-2H3,(H,26,27)/b7-3+,15-6+/t13-,14?/m0/s1. The van der Waals surface area contributed by atoms with Gasteiger partial charge in [-0.3, -0.25) is 14.4 Å². The first-order valence-corrected chi connectivity index (χ1v) is 8.97. The molecule has 0 spiro atoms. The Hall–Kier alpha value is -2.64. The van der Waals surface area contributed by atoms with Crippen LogP contribution in [-0.4, -0.2) is 63.3 Å². The van der Waals surface area contributed by atoms with Crippen molar-refractivity contribution in [2.45, 2.75) is 32.7 Å². The number of Topliss-reactive ketones (excluding diaryl/α,β-unsaturated/α-hetero) is 1. The molecule has 7 nitrogen and oxygen atoms in total. The van der Waals surface area contributed by atoms with Crippen LogP contribution in [0.2, 0.25) is 0 Å². The molecule has 27 heavy (non-hydrogen) atoms. The van der Waals surface area contributed by atoms with E-state index in [-0.39, 0.29) is 30.2 Å². The Labute approximate surface area is 157 Å². The highest BCUT2D eigenvalue weighted by Crippen LogP contribution is 2.22. The van der Waals surface area contributed by atoms with Crippen molar-refractivity contribution < 1.29 is 29.0 Å². The number of hydrogen-bond acceptors (Lipinski definition) is 5. The number of aliphatic carboxylic acids is 1. The summed E-state index contributed by atoms with van der Waals surface area (Å²) in [7, 11) is 0. The maximum atomic E-state index is 13.5. The molecular weight excluding hydrogens is 355 g/mol. The lowest BCUT2D eigenvalue weighted by Gasteiger charge is -2.33. The smallest absolute Gasteiger partial charge is 0.316 e. The zero-order chi connectivity index (χ0) is 20.1. The number of carbonyl (C=O) groups is 3. The first-order chi connectivity index (χ1) is 12.7. The van der Waals surface area contributed by atoms with Gasteiger partial charge in [0.15, 0.2) is 5.76 Å². The average molecular weight is 380 g/mol. The minimum atomic E-state index is -1.32. The Bertz CT molecular complexity index is 698. The van der Waals surface area contributed by atoms with Crippen LogP contribution in [0.1, 0.15) is 26.7 Å². The molecule has 0 aromatic rings. The van der Waals surface area contributed by atoms with Crippen LogP contribution in [-0.2, 0) is 14.4 Å². The lowest BCUT2D eigenvalue weighted by Crippen LogP contribution is -2.46. The molecular formula is C19H25FN2O5. The first kappa shape index (κ1) is 20.7. The fraction of sp³-hybridized carbons (Fsp3) is 0.526. The van der Waals surface area contributed by atoms with Crippen molar-refractivity contribution in [2.24, 2.45) is 11.8 Å². The Morgan fingerprint density at radius 2 is 2.11 bits per heavy atom. The maximum Gasteiger partial charge on any atom is 0.316 e. The van der Waals surface area contributed by atoms with Crippen molar-refractivity contribution in [1.82, 2.24) is 9.80 Å². The Balaban J connectivity index is 2.03. The number of likely N-dealkylation sites (tertiary alicyclic amines) is 1. The van der Waals surface area contributed by atoms with Gasteiger partial charge in [0.1, 0.15) is 11.7 Å². The molecule has 0 bridgehead atoms.